The molecule has 3 rings (SSSR count). The predicted octanol–water partition coefficient (Wildman–Crippen LogP) is 3.22. The highest BCUT2D eigenvalue weighted by atomic mass is 32.2. The average molecular weight is 404 g/mol. The lowest BCUT2D eigenvalue weighted by molar-refractivity contribution is -0.121. The van der Waals surface area contributed by atoms with Gasteiger partial charge in [-0.2, -0.15) is 0 Å². The van der Waals surface area contributed by atoms with E-state index in [1.54, 1.807) is 17.7 Å². The zero-order chi connectivity index (χ0) is 20.1. The molecule has 1 saturated carbocycles. The van der Waals surface area contributed by atoms with E-state index >= 15 is 0 Å². The molecule has 7 heteroatoms. The van der Waals surface area contributed by atoms with Gasteiger partial charge in [0.1, 0.15) is 0 Å². The highest BCUT2D eigenvalue weighted by Crippen LogP contribution is 2.26. The van der Waals surface area contributed by atoms with Gasteiger partial charge in [0.25, 0.3) is 5.56 Å². The number of methoxy groups -OCH3 is 1. The summed E-state index contributed by atoms with van der Waals surface area (Å²) in [5.41, 5.74) is 0.552. The average Bonchev–Trinajstić information content (AvgIpc) is 2.69. The lowest BCUT2D eigenvalue weighted by Crippen LogP contribution is -2.44. The molecule has 6 nitrogen and oxygen atoms in total. The SMILES string of the molecule is COCCn1c(S[C@H](C)C(=O)N[C@H]2CCCC[C@H]2C)nc2ccccc2c1=O. The summed E-state index contributed by atoms with van der Waals surface area (Å²) < 4.78 is 6.77. The Bertz CT molecular complexity index is 883. The summed E-state index contributed by atoms with van der Waals surface area (Å²) in [7, 11) is 1.60. The van der Waals surface area contributed by atoms with Gasteiger partial charge in [0.15, 0.2) is 5.16 Å². The van der Waals surface area contributed by atoms with Crippen LogP contribution < -0.4 is 10.9 Å². The first-order valence-corrected chi connectivity index (χ1v) is 10.8. The predicted molar refractivity (Wildman–Crippen MR) is 113 cm³/mol. The molecule has 1 amide bonds. The first kappa shape index (κ1) is 20.9. The number of ether oxygens (including phenoxy) is 1. The van der Waals surface area contributed by atoms with Gasteiger partial charge in [-0.15, -0.1) is 0 Å². The van der Waals surface area contributed by atoms with Crippen molar-refractivity contribution in [3.05, 3.63) is 34.6 Å². The summed E-state index contributed by atoms with van der Waals surface area (Å²) in [5, 5.41) is 4.00. The van der Waals surface area contributed by atoms with Gasteiger partial charge in [-0.05, 0) is 37.8 Å². The number of thioether (sulfide) groups is 1. The molecular weight excluding hydrogens is 374 g/mol. The minimum atomic E-state index is -0.337. The molecule has 1 aromatic heterocycles. The second-order valence-corrected chi connectivity index (χ2v) is 8.81. The maximum Gasteiger partial charge on any atom is 0.262 e. The summed E-state index contributed by atoms with van der Waals surface area (Å²) in [5.74, 6) is 0.512. The molecule has 0 bridgehead atoms. The van der Waals surface area contributed by atoms with Crippen LogP contribution in [0, 0.1) is 5.92 Å². The van der Waals surface area contributed by atoms with Gasteiger partial charge >= 0.3 is 0 Å². The second-order valence-electron chi connectivity index (χ2n) is 7.50. The topological polar surface area (TPSA) is 73.2 Å². The normalized spacial score (nSPS) is 20.8. The fraction of sp³-hybridized carbons (Fsp3) is 0.571. The Labute approximate surface area is 170 Å². The quantitative estimate of drug-likeness (QED) is 0.568. The fourth-order valence-corrected chi connectivity index (χ4v) is 4.60. The van der Waals surface area contributed by atoms with E-state index < -0.39 is 0 Å². The summed E-state index contributed by atoms with van der Waals surface area (Å²) in [6.07, 6.45) is 4.61. The number of carbonyl (C=O) groups excluding carboxylic acids is 1. The molecule has 0 spiro atoms. The van der Waals surface area contributed by atoms with Gasteiger partial charge in [0, 0.05) is 13.2 Å². The van der Waals surface area contributed by atoms with Crippen LogP contribution in [0.15, 0.2) is 34.2 Å². The van der Waals surface area contributed by atoms with Crippen molar-refractivity contribution in [1.82, 2.24) is 14.9 Å². The number of para-hydroxylation sites is 1. The van der Waals surface area contributed by atoms with E-state index in [1.165, 1.54) is 24.6 Å². The number of amides is 1. The number of rotatable bonds is 7. The number of carbonyl (C=O) groups is 1. The van der Waals surface area contributed by atoms with E-state index in [0.717, 1.165) is 12.8 Å². The van der Waals surface area contributed by atoms with Crippen LogP contribution in [-0.4, -0.2) is 40.5 Å². The number of benzene rings is 1. The van der Waals surface area contributed by atoms with Gasteiger partial charge in [0.2, 0.25) is 5.91 Å². The molecule has 3 atom stereocenters. The first-order valence-electron chi connectivity index (χ1n) is 9.96. The minimum Gasteiger partial charge on any atom is -0.383 e. The van der Waals surface area contributed by atoms with Crippen molar-refractivity contribution in [2.45, 2.75) is 62.5 Å². The van der Waals surface area contributed by atoms with Crippen LogP contribution in [0.2, 0.25) is 0 Å². The third-order valence-electron chi connectivity index (χ3n) is 5.44. The molecule has 28 heavy (non-hydrogen) atoms. The zero-order valence-electron chi connectivity index (χ0n) is 16.8. The van der Waals surface area contributed by atoms with Crippen LogP contribution in [0.3, 0.4) is 0 Å². The van der Waals surface area contributed by atoms with Crippen molar-refractivity contribution < 1.29 is 9.53 Å². The van der Waals surface area contributed by atoms with Gasteiger partial charge in [-0.3, -0.25) is 14.2 Å². The number of hydrogen-bond donors (Lipinski definition) is 1. The maximum absolute atomic E-state index is 12.9. The molecule has 0 radical (unpaired) electrons. The van der Waals surface area contributed by atoms with Crippen LogP contribution in [-0.2, 0) is 16.1 Å². The standard InChI is InChI=1S/C21H29N3O3S/c1-14-8-4-6-10-17(14)22-19(25)15(2)28-21-23-18-11-7-5-9-16(18)20(26)24(21)12-13-27-3/h5,7,9,11,14-15,17H,4,6,8,10,12-13H2,1-3H3,(H,22,25)/t14-,15-,17+/m1/s1. The van der Waals surface area contributed by atoms with Gasteiger partial charge in [0.05, 0.1) is 29.3 Å². The second kappa shape index (κ2) is 9.56. The molecule has 1 aliphatic rings. The van der Waals surface area contributed by atoms with Crippen LogP contribution in [0.25, 0.3) is 10.9 Å². The van der Waals surface area contributed by atoms with E-state index in [0.29, 0.717) is 35.1 Å². The highest BCUT2D eigenvalue weighted by Gasteiger charge is 2.26. The van der Waals surface area contributed by atoms with Crippen LogP contribution in [0.4, 0.5) is 0 Å². The molecule has 1 N–H and O–H groups in total. The van der Waals surface area contributed by atoms with Crippen molar-refractivity contribution in [2.24, 2.45) is 5.92 Å². The van der Waals surface area contributed by atoms with Crippen molar-refractivity contribution in [2.75, 3.05) is 13.7 Å². The zero-order valence-corrected chi connectivity index (χ0v) is 17.6. The number of aromatic nitrogens is 2. The summed E-state index contributed by atoms with van der Waals surface area (Å²) in [6, 6.07) is 7.55. The summed E-state index contributed by atoms with van der Waals surface area (Å²) in [6.45, 7) is 4.89. The smallest absolute Gasteiger partial charge is 0.262 e. The number of fused-ring (bicyclic) bond motifs is 1. The fourth-order valence-electron chi connectivity index (χ4n) is 3.66. The van der Waals surface area contributed by atoms with Crippen molar-refractivity contribution in [3.63, 3.8) is 0 Å². The molecular formula is C21H29N3O3S. The lowest BCUT2D eigenvalue weighted by Gasteiger charge is -2.30. The minimum absolute atomic E-state index is 0.00412. The Morgan fingerprint density at radius 3 is 2.86 bits per heavy atom. The molecule has 1 fully saturated rings. The van der Waals surface area contributed by atoms with E-state index in [4.69, 9.17) is 4.74 Å². The van der Waals surface area contributed by atoms with Gasteiger partial charge in [-0.25, -0.2) is 4.98 Å². The molecule has 1 aliphatic carbocycles. The first-order chi connectivity index (χ1) is 13.5. The van der Waals surface area contributed by atoms with E-state index in [2.05, 4.69) is 17.2 Å². The van der Waals surface area contributed by atoms with Crippen molar-refractivity contribution in [1.29, 1.82) is 0 Å². The van der Waals surface area contributed by atoms with Gasteiger partial charge in [-0.1, -0.05) is 43.7 Å². The molecule has 0 aliphatic heterocycles. The third kappa shape index (κ3) is 4.75. The molecule has 0 unspecified atom stereocenters. The Hall–Kier alpha value is -1.86. The van der Waals surface area contributed by atoms with Crippen molar-refractivity contribution in [3.8, 4) is 0 Å². The van der Waals surface area contributed by atoms with E-state index in [-0.39, 0.29) is 22.8 Å². The Morgan fingerprint density at radius 2 is 2.11 bits per heavy atom. The molecule has 2 aromatic rings. The van der Waals surface area contributed by atoms with E-state index in [9.17, 15) is 9.59 Å². The number of nitrogens with zero attached hydrogens (tertiary/aromatic N) is 2. The molecule has 1 heterocycles. The molecule has 0 saturated heterocycles. The Kier molecular flexibility index (Phi) is 7.13. The van der Waals surface area contributed by atoms with Gasteiger partial charge < -0.3 is 10.1 Å². The third-order valence-corrected chi connectivity index (χ3v) is 6.53. The lowest BCUT2D eigenvalue weighted by atomic mass is 9.86. The van der Waals surface area contributed by atoms with Crippen LogP contribution in [0.5, 0.6) is 0 Å². The van der Waals surface area contributed by atoms with Crippen molar-refractivity contribution >= 4 is 28.6 Å². The van der Waals surface area contributed by atoms with Crippen LogP contribution >= 0.6 is 11.8 Å². The van der Waals surface area contributed by atoms with Crippen LogP contribution in [0.1, 0.15) is 39.5 Å². The highest BCUT2D eigenvalue weighted by molar-refractivity contribution is 8.00. The Balaban J connectivity index is 1.81. The Morgan fingerprint density at radius 1 is 1.36 bits per heavy atom. The number of hydrogen-bond acceptors (Lipinski definition) is 5. The van der Waals surface area contributed by atoms with E-state index in [1.807, 2.05) is 25.1 Å². The molecule has 152 valence electrons. The monoisotopic (exact) mass is 403 g/mol. The summed E-state index contributed by atoms with van der Waals surface area (Å²) in [4.78, 5) is 30.3. The maximum atomic E-state index is 12.9. The molecule has 1 aromatic carbocycles. The largest absolute Gasteiger partial charge is 0.383 e. The number of nitrogens with one attached hydrogen (secondary N) is 1. The summed E-state index contributed by atoms with van der Waals surface area (Å²) >= 11 is 1.33.